The number of hydrogen-bond acceptors (Lipinski definition) is 1. The Labute approximate surface area is 147 Å². The molecule has 0 aromatic rings. The SMILES string of the molecule is CC#CC#CC#CC#CC#CC#CC#CC#CC#CC#CC(=O)Cl. The molecule has 1 nitrogen and oxygen atoms in total. The van der Waals surface area contributed by atoms with E-state index in [4.69, 9.17) is 11.6 Å². The Morgan fingerprint density at radius 1 is 0.500 bits per heavy atom. The van der Waals surface area contributed by atoms with Crippen LogP contribution >= 0.6 is 11.6 Å². The van der Waals surface area contributed by atoms with Crippen LogP contribution in [0.3, 0.4) is 0 Å². The molecule has 24 heavy (non-hydrogen) atoms. The lowest BCUT2D eigenvalue weighted by Crippen LogP contribution is -1.72. The van der Waals surface area contributed by atoms with Crippen molar-refractivity contribution in [1.29, 1.82) is 0 Å². The van der Waals surface area contributed by atoms with Crippen molar-refractivity contribution >= 4 is 16.8 Å². The van der Waals surface area contributed by atoms with Gasteiger partial charge in [-0.3, -0.25) is 4.79 Å². The topological polar surface area (TPSA) is 17.1 Å². The highest BCUT2D eigenvalue weighted by Crippen LogP contribution is 1.71. The third-order valence-electron chi connectivity index (χ3n) is 1.35. The highest BCUT2D eigenvalue weighted by molar-refractivity contribution is 6.68. The Kier molecular flexibility index (Phi) is 13.5. The molecule has 0 aliphatic rings. The summed E-state index contributed by atoms with van der Waals surface area (Å²) in [5.41, 5.74) is 0. The molecule has 0 N–H and O–H groups in total. The van der Waals surface area contributed by atoms with Gasteiger partial charge in [-0.25, -0.2) is 0 Å². The normalized spacial score (nSPS) is 4.42. The Morgan fingerprint density at radius 3 is 1.00 bits per heavy atom. The fourth-order valence-corrected chi connectivity index (χ4v) is 0.690. The molecule has 0 aliphatic heterocycles. The van der Waals surface area contributed by atoms with E-state index in [1.165, 1.54) is 0 Å². The van der Waals surface area contributed by atoms with Gasteiger partial charge in [0, 0.05) is 17.8 Å². The van der Waals surface area contributed by atoms with E-state index in [0.29, 0.717) is 0 Å². The molecule has 0 rings (SSSR count). The summed E-state index contributed by atoms with van der Waals surface area (Å²) < 4.78 is 0. The molecule has 0 saturated carbocycles. The van der Waals surface area contributed by atoms with Gasteiger partial charge in [0.2, 0.25) is 0 Å². The summed E-state index contributed by atoms with van der Waals surface area (Å²) >= 11 is 4.97. The van der Waals surface area contributed by atoms with Crippen molar-refractivity contribution in [3.8, 4) is 118 Å². The van der Waals surface area contributed by atoms with Crippen LogP contribution in [0.15, 0.2) is 0 Å². The third-order valence-corrected chi connectivity index (χ3v) is 1.44. The molecule has 0 atom stereocenters. The second-order valence-electron chi connectivity index (χ2n) is 2.90. The second kappa shape index (κ2) is 16.6. The molecule has 0 saturated heterocycles. The van der Waals surface area contributed by atoms with Crippen molar-refractivity contribution < 1.29 is 4.79 Å². The minimum absolute atomic E-state index is 0.777. The lowest BCUT2D eigenvalue weighted by Gasteiger charge is -1.60. The van der Waals surface area contributed by atoms with Crippen LogP contribution in [0.2, 0.25) is 0 Å². The van der Waals surface area contributed by atoms with Crippen LogP contribution in [0.25, 0.3) is 0 Å². The number of rotatable bonds is 0. The van der Waals surface area contributed by atoms with Crippen molar-refractivity contribution in [2.24, 2.45) is 0 Å². The first kappa shape index (κ1) is 19.6. The van der Waals surface area contributed by atoms with Crippen LogP contribution in [0.4, 0.5) is 0 Å². The predicted molar refractivity (Wildman–Crippen MR) is 94.3 cm³/mol. The Bertz CT molecular complexity index is 1130. The van der Waals surface area contributed by atoms with Crippen molar-refractivity contribution in [3.63, 3.8) is 0 Å². The first-order chi connectivity index (χ1) is 11.8. The molecular formula is C22H3ClO. The third kappa shape index (κ3) is 17.6. The first-order valence-electron chi connectivity index (χ1n) is 5.89. The summed E-state index contributed by atoms with van der Waals surface area (Å²) in [5.74, 6) is 48.7. The van der Waals surface area contributed by atoms with E-state index < -0.39 is 5.24 Å². The average Bonchev–Trinajstić information content (AvgIpc) is 2.56. The van der Waals surface area contributed by atoms with E-state index >= 15 is 0 Å². The Hall–Kier alpha value is -4.44. The number of halogens is 1. The van der Waals surface area contributed by atoms with Crippen LogP contribution in [-0.2, 0) is 4.79 Å². The molecule has 0 aromatic heterocycles. The van der Waals surface area contributed by atoms with Crippen molar-refractivity contribution in [2.75, 3.05) is 0 Å². The van der Waals surface area contributed by atoms with Crippen LogP contribution < -0.4 is 0 Å². The molecule has 0 spiro atoms. The van der Waals surface area contributed by atoms with Crippen LogP contribution in [0.1, 0.15) is 6.92 Å². The van der Waals surface area contributed by atoms with Gasteiger partial charge in [-0.05, 0) is 113 Å². The molecule has 0 heterocycles. The largest absolute Gasteiger partial charge is 0.297 e. The smallest absolute Gasteiger partial charge is 0.266 e. The summed E-state index contributed by atoms with van der Waals surface area (Å²) in [6, 6.07) is 0. The lowest BCUT2D eigenvalue weighted by molar-refractivity contribution is -0.106. The minimum Gasteiger partial charge on any atom is -0.266 e. The quantitative estimate of drug-likeness (QED) is 0.477. The van der Waals surface area contributed by atoms with E-state index in [1.807, 2.05) is 5.92 Å². The molecule has 0 aliphatic carbocycles. The molecule has 0 amide bonds. The molecule has 104 valence electrons. The van der Waals surface area contributed by atoms with Crippen molar-refractivity contribution in [3.05, 3.63) is 0 Å². The fraction of sp³-hybridized carbons (Fsp3) is 0.0455. The summed E-state index contributed by atoms with van der Waals surface area (Å²) in [5, 5.41) is -0.777. The maximum Gasteiger partial charge on any atom is 0.297 e. The zero-order valence-corrected chi connectivity index (χ0v) is 13.0. The maximum atomic E-state index is 10.2. The minimum atomic E-state index is -0.777. The van der Waals surface area contributed by atoms with E-state index in [2.05, 4.69) is 112 Å². The van der Waals surface area contributed by atoms with Crippen LogP contribution in [-0.4, -0.2) is 5.24 Å². The second-order valence-corrected chi connectivity index (χ2v) is 3.24. The van der Waals surface area contributed by atoms with Gasteiger partial charge in [0.25, 0.3) is 5.24 Å². The van der Waals surface area contributed by atoms with Gasteiger partial charge >= 0.3 is 0 Å². The average molecular weight is 319 g/mol. The van der Waals surface area contributed by atoms with Gasteiger partial charge in [-0.15, -0.1) is 0 Å². The van der Waals surface area contributed by atoms with E-state index in [-0.39, 0.29) is 0 Å². The number of carbonyl (C=O) groups is 1. The van der Waals surface area contributed by atoms with Crippen molar-refractivity contribution in [2.45, 2.75) is 6.92 Å². The summed E-state index contributed by atoms with van der Waals surface area (Å²) in [6.45, 7) is 1.69. The lowest BCUT2D eigenvalue weighted by atomic mass is 10.4. The van der Waals surface area contributed by atoms with Gasteiger partial charge in [-0.2, -0.15) is 0 Å². The number of carbonyl (C=O) groups excluding carboxylic acids is 1. The number of hydrogen-bond donors (Lipinski definition) is 0. The van der Waals surface area contributed by atoms with E-state index in [9.17, 15) is 4.79 Å². The summed E-state index contributed by atoms with van der Waals surface area (Å²) in [7, 11) is 0. The highest BCUT2D eigenvalue weighted by atomic mass is 35.5. The van der Waals surface area contributed by atoms with Gasteiger partial charge in [0.05, 0.1) is 0 Å². The van der Waals surface area contributed by atoms with Gasteiger partial charge in [0.15, 0.2) is 0 Å². The summed E-state index contributed by atoms with van der Waals surface area (Å²) in [6.07, 6.45) is 0. The van der Waals surface area contributed by atoms with Crippen LogP contribution in [0.5, 0.6) is 0 Å². The summed E-state index contributed by atoms with van der Waals surface area (Å²) in [4.78, 5) is 10.2. The molecule has 0 aromatic carbocycles. The van der Waals surface area contributed by atoms with Crippen molar-refractivity contribution in [1.82, 2.24) is 0 Å². The van der Waals surface area contributed by atoms with Crippen LogP contribution in [0, 0.1) is 118 Å². The van der Waals surface area contributed by atoms with E-state index in [1.54, 1.807) is 6.92 Å². The molecule has 0 radical (unpaired) electrons. The fourth-order valence-electron chi connectivity index (χ4n) is 0.643. The molecule has 0 unspecified atom stereocenters. The van der Waals surface area contributed by atoms with E-state index in [0.717, 1.165) is 0 Å². The molecule has 2 heteroatoms. The molecule has 0 bridgehead atoms. The Balaban J connectivity index is 4.40. The van der Waals surface area contributed by atoms with Gasteiger partial charge < -0.3 is 0 Å². The zero-order valence-electron chi connectivity index (χ0n) is 12.3. The first-order valence-corrected chi connectivity index (χ1v) is 6.27. The highest BCUT2D eigenvalue weighted by Gasteiger charge is 1.78. The zero-order chi connectivity index (χ0) is 17.7. The Morgan fingerprint density at radius 2 is 0.750 bits per heavy atom. The van der Waals surface area contributed by atoms with Gasteiger partial charge in [-0.1, -0.05) is 5.92 Å². The predicted octanol–water partition coefficient (Wildman–Crippen LogP) is 0.806. The maximum absolute atomic E-state index is 10.2. The molecule has 0 fully saturated rings. The molecular weight excluding hydrogens is 316 g/mol. The monoisotopic (exact) mass is 318 g/mol. The van der Waals surface area contributed by atoms with Gasteiger partial charge in [0.1, 0.15) is 0 Å². The standard InChI is InChI=1S/C22H3ClO/c1-2-3-4-5-6-7-8-9-10-11-12-13-14-15-16-17-18-19-20-21-22(23)24/h1H3.